The maximum absolute atomic E-state index is 13.3. The fourth-order valence-electron chi connectivity index (χ4n) is 24.8. The van der Waals surface area contributed by atoms with Crippen LogP contribution in [0.3, 0.4) is 0 Å². The summed E-state index contributed by atoms with van der Waals surface area (Å²) < 4.78 is 45.8. The van der Waals surface area contributed by atoms with Crippen LogP contribution in [0.2, 0.25) is 0 Å². The quantitative estimate of drug-likeness (QED) is 0.0560. The SMILES string of the molecule is CCC1(OC(=O)C2CC3C=CC2C3)C=CCC1.CCC1(OC(=O)C2CC3C=CC2C3)C=CCCC1.CCC1(OC(=O)C2CC3C=CC2C3)CCCC1.CCC1(OC(=O)C2CC3C=CC2C3)CCCCC1.COC(=O)CC1(C(=O)OC2(C(C)C)C=CCCC2)CC2C=CC1C2.COC(=O)CC1(C(=O)OC2(C(C)C)CCCCC2)CC2C=CC1C2. The first-order valence-corrected chi connectivity index (χ1v) is 47.4. The zero-order valence-electron chi connectivity index (χ0n) is 73.6. The van der Waals surface area contributed by atoms with E-state index < -0.39 is 16.4 Å². The lowest BCUT2D eigenvalue weighted by atomic mass is 9.72. The highest BCUT2D eigenvalue weighted by molar-refractivity contribution is 5.86. The molecule has 9 saturated carbocycles. The van der Waals surface area contributed by atoms with Gasteiger partial charge in [-0.15, -0.1) is 0 Å². The van der Waals surface area contributed by atoms with Crippen molar-refractivity contribution in [1.29, 1.82) is 0 Å². The van der Waals surface area contributed by atoms with Crippen molar-refractivity contribution in [2.45, 2.75) is 346 Å². The van der Waals surface area contributed by atoms with Crippen LogP contribution in [0.5, 0.6) is 0 Å². The van der Waals surface area contributed by atoms with Gasteiger partial charge in [0.1, 0.15) is 33.6 Å². The Morgan fingerprint density at radius 2 is 0.695 bits per heavy atom. The Kier molecular flexibility index (Phi) is 29.1. The summed E-state index contributed by atoms with van der Waals surface area (Å²) >= 11 is 0. The van der Waals surface area contributed by atoms with E-state index >= 15 is 0 Å². The molecule has 18 aliphatic rings. The standard InChI is InChI=1S/C20H30O4.C20H28O4.C16H24O2.C16H22O2.C15H22O2.C15H20O2/c2*1-14(2)20(9-5-4-6-10-20)24-18(22)19(13-17(21)23-3)12-15-7-8-16(19)11-15;2*1-2-16(8-4-3-5-9-16)18-15(17)14-11-12-6-7-13(14)10-12;2*1-2-15(7-3-4-8-15)17-14(16)13-10-11-5-6-12(13)9-11/h7-8,14-16H,4-6,9-13H2,1-3H3;5,7-9,14-16H,4,6,10-13H2,1-3H3;6-7,12-14H,2-5,8-11H2,1H3;4,6-8,12-14H,2-3,5,9-11H2,1H3;5-6,11-13H,2-4,7-10H2,1H3;3,5-7,11-13H,2,4,8-10H2,1H3. The van der Waals surface area contributed by atoms with Crippen LogP contribution >= 0.6 is 0 Å². The molecule has 118 heavy (non-hydrogen) atoms. The summed E-state index contributed by atoms with van der Waals surface area (Å²) in [5.41, 5.74) is -3.19. The minimum absolute atomic E-state index is 0.0373. The number of carbonyl (C=O) groups excluding carboxylic acids is 8. The highest BCUT2D eigenvalue weighted by Gasteiger charge is 2.60. The van der Waals surface area contributed by atoms with Crippen LogP contribution in [0.15, 0.2) is 109 Å². The number of allylic oxidation sites excluding steroid dienone is 15. The number of carbonyl (C=O) groups is 8. The molecule has 21 unspecified atom stereocenters. The van der Waals surface area contributed by atoms with E-state index in [0.717, 1.165) is 186 Å². The third-order valence-electron chi connectivity index (χ3n) is 32.7. The third kappa shape index (κ3) is 19.7. The zero-order chi connectivity index (χ0) is 83.7. The predicted molar refractivity (Wildman–Crippen MR) is 457 cm³/mol. The van der Waals surface area contributed by atoms with Gasteiger partial charge in [0.25, 0.3) is 0 Å². The molecule has 18 rings (SSSR count). The molecule has 0 aromatic carbocycles. The van der Waals surface area contributed by atoms with Gasteiger partial charge in [-0.2, -0.15) is 0 Å². The zero-order valence-corrected chi connectivity index (χ0v) is 73.6. The molecule has 0 aliphatic heterocycles. The van der Waals surface area contributed by atoms with Crippen LogP contribution in [0.1, 0.15) is 312 Å². The predicted octanol–water partition coefficient (Wildman–Crippen LogP) is 22.0. The molecule has 0 heterocycles. The molecule has 18 aliphatic carbocycles. The number of esters is 8. The molecule has 0 N–H and O–H groups in total. The Morgan fingerprint density at radius 1 is 0.331 bits per heavy atom. The number of ether oxygens (including phenoxy) is 8. The van der Waals surface area contributed by atoms with Crippen molar-refractivity contribution in [3.8, 4) is 0 Å². The molecule has 650 valence electrons. The van der Waals surface area contributed by atoms with Crippen molar-refractivity contribution in [3.05, 3.63) is 109 Å². The van der Waals surface area contributed by atoms with Crippen LogP contribution in [0.4, 0.5) is 0 Å². The van der Waals surface area contributed by atoms with E-state index in [4.69, 9.17) is 37.9 Å². The molecular weight excluding hydrogens is 1480 g/mol. The van der Waals surface area contributed by atoms with Gasteiger partial charge in [-0.3, -0.25) is 38.4 Å². The Labute approximate surface area is 707 Å². The normalized spacial score (nSPS) is 37.8. The maximum Gasteiger partial charge on any atom is 0.314 e. The maximum atomic E-state index is 13.3. The summed E-state index contributed by atoms with van der Waals surface area (Å²) in [4.78, 5) is 100.0. The second-order valence-corrected chi connectivity index (χ2v) is 40.3. The fourth-order valence-corrected chi connectivity index (χ4v) is 24.8. The number of hydrogen-bond donors (Lipinski definition) is 0. The summed E-state index contributed by atoms with van der Waals surface area (Å²) in [6, 6.07) is 0. The molecule has 9 fully saturated rings. The van der Waals surface area contributed by atoms with Crippen LogP contribution in [-0.4, -0.2) is 95.6 Å². The fraction of sp³-hybridized carbons (Fsp3) is 0.745. The lowest BCUT2D eigenvalue weighted by Gasteiger charge is -2.43. The molecule has 0 aromatic rings. The van der Waals surface area contributed by atoms with E-state index in [9.17, 15) is 38.4 Å². The minimum Gasteiger partial charge on any atom is -0.469 e. The van der Waals surface area contributed by atoms with Gasteiger partial charge < -0.3 is 37.9 Å². The van der Waals surface area contributed by atoms with Crippen molar-refractivity contribution in [2.75, 3.05) is 14.2 Å². The lowest BCUT2D eigenvalue weighted by Crippen LogP contribution is -2.48. The highest BCUT2D eigenvalue weighted by atomic mass is 16.6. The van der Waals surface area contributed by atoms with E-state index in [1.165, 1.54) is 65.6 Å². The van der Waals surface area contributed by atoms with E-state index in [1.54, 1.807) is 0 Å². The monoisotopic (exact) mass is 1630 g/mol. The Bertz CT molecular complexity index is 3820. The van der Waals surface area contributed by atoms with E-state index in [1.807, 2.05) is 0 Å². The average molecular weight is 1630 g/mol. The van der Waals surface area contributed by atoms with Gasteiger partial charge in [-0.05, 0) is 332 Å². The Hall–Kier alpha value is -6.58. The molecule has 12 bridgehead atoms. The molecule has 16 nitrogen and oxygen atoms in total. The first-order chi connectivity index (χ1) is 56.7. The second-order valence-electron chi connectivity index (χ2n) is 40.3. The van der Waals surface area contributed by atoms with Crippen LogP contribution in [0.25, 0.3) is 0 Å². The largest absolute Gasteiger partial charge is 0.469 e. The number of methoxy groups -OCH3 is 2. The minimum atomic E-state index is -0.750. The van der Waals surface area contributed by atoms with Gasteiger partial charge in [0.2, 0.25) is 0 Å². The van der Waals surface area contributed by atoms with Gasteiger partial charge in [-0.1, -0.05) is 159 Å². The van der Waals surface area contributed by atoms with Crippen LogP contribution in [-0.2, 0) is 76.3 Å². The van der Waals surface area contributed by atoms with Gasteiger partial charge in [-0.25, -0.2) is 0 Å². The number of hydrogen-bond acceptors (Lipinski definition) is 16. The van der Waals surface area contributed by atoms with Crippen molar-refractivity contribution in [3.63, 3.8) is 0 Å². The number of rotatable bonds is 22. The van der Waals surface area contributed by atoms with Crippen molar-refractivity contribution >= 4 is 47.8 Å². The van der Waals surface area contributed by atoms with Gasteiger partial charge in [0, 0.05) is 0 Å². The Morgan fingerprint density at radius 3 is 1.00 bits per heavy atom. The average Bonchev–Trinajstić information content (AvgIpc) is 1.58. The molecule has 0 aromatic heterocycles. The molecule has 0 radical (unpaired) electrons. The van der Waals surface area contributed by atoms with Crippen LogP contribution in [0, 0.1) is 117 Å². The summed E-state index contributed by atoms with van der Waals surface area (Å²) in [6.07, 6.45) is 79.3. The number of fused-ring (bicyclic) bond motifs is 12. The molecular formula is C102H146O16. The van der Waals surface area contributed by atoms with E-state index in [0.29, 0.717) is 71.5 Å². The highest BCUT2D eigenvalue weighted by Crippen LogP contribution is 2.59. The topological polar surface area (TPSA) is 210 Å². The smallest absolute Gasteiger partial charge is 0.314 e. The van der Waals surface area contributed by atoms with E-state index in [-0.39, 0.29) is 130 Å². The summed E-state index contributed by atoms with van der Waals surface area (Å²) in [6.45, 7) is 17.0. The molecule has 21 atom stereocenters. The van der Waals surface area contributed by atoms with Crippen molar-refractivity contribution < 1.29 is 76.3 Å². The van der Waals surface area contributed by atoms with Crippen molar-refractivity contribution in [1.82, 2.24) is 0 Å². The lowest BCUT2D eigenvalue weighted by molar-refractivity contribution is -0.187. The molecule has 0 saturated heterocycles. The Balaban J connectivity index is 0.000000123. The summed E-state index contributed by atoms with van der Waals surface area (Å²) in [5.74, 6) is 5.71. The molecule has 0 spiro atoms. The molecule has 16 heteroatoms. The first kappa shape index (κ1) is 89.2. The summed E-state index contributed by atoms with van der Waals surface area (Å²) in [7, 11) is 2.77. The third-order valence-corrected chi connectivity index (χ3v) is 32.7. The van der Waals surface area contributed by atoms with Gasteiger partial charge in [0.05, 0.1) is 61.6 Å². The second kappa shape index (κ2) is 38.5. The first-order valence-electron chi connectivity index (χ1n) is 47.4. The van der Waals surface area contributed by atoms with Crippen molar-refractivity contribution in [2.24, 2.45) is 117 Å². The van der Waals surface area contributed by atoms with Gasteiger partial charge >= 0.3 is 47.8 Å². The van der Waals surface area contributed by atoms with Crippen LogP contribution < -0.4 is 0 Å². The summed E-state index contributed by atoms with van der Waals surface area (Å²) in [5, 5.41) is 0. The van der Waals surface area contributed by atoms with E-state index in [2.05, 4.69) is 165 Å². The molecule has 0 amide bonds. The van der Waals surface area contributed by atoms with Gasteiger partial charge in [0.15, 0.2) is 0 Å².